The summed E-state index contributed by atoms with van der Waals surface area (Å²) in [6, 6.07) is 3.81. The smallest absolute Gasteiger partial charge is 0.352 e. The molecule has 0 fully saturated rings. The van der Waals surface area contributed by atoms with Crippen LogP contribution in [0.4, 0.5) is 11.5 Å². The average molecular weight is 309 g/mol. The molecule has 0 amide bonds. The number of nitro groups is 1. The fourth-order valence-corrected chi connectivity index (χ4v) is 2.48. The largest absolute Gasteiger partial charge is 0.502 e. The summed E-state index contributed by atoms with van der Waals surface area (Å²) in [7, 11) is 0. The predicted molar refractivity (Wildman–Crippen MR) is 76.2 cm³/mol. The van der Waals surface area contributed by atoms with Crippen LogP contribution in [0.1, 0.15) is 16.6 Å². The van der Waals surface area contributed by atoms with Crippen LogP contribution in [-0.4, -0.2) is 27.6 Å². The summed E-state index contributed by atoms with van der Waals surface area (Å²) in [6.07, 6.45) is 0. The second kappa shape index (κ2) is 5.75. The zero-order valence-electron chi connectivity index (χ0n) is 10.9. The van der Waals surface area contributed by atoms with Crippen LogP contribution in [0.3, 0.4) is 0 Å². The highest BCUT2D eigenvalue weighted by atomic mass is 32.1. The number of hydrogen-bond donors (Lipinski definition) is 2. The fraction of sp³-hybridized carbons (Fsp3) is 0.167. The number of anilines is 1. The number of hydrogen-bond acceptors (Lipinski definition) is 8. The van der Waals surface area contributed by atoms with Crippen molar-refractivity contribution in [3.8, 4) is 16.3 Å². The molecule has 110 valence electrons. The number of aromatic hydroxyl groups is 1. The molecule has 21 heavy (non-hydrogen) atoms. The minimum atomic E-state index is -0.706. The minimum absolute atomic E-state index is 0.00387. The molecule has 3 N–H and O–H groups in total. The molecule has 1 aromatic heterocycles. The lowest BCUT2D eigenvalue weighted by Crippen LogP contribution is -2.05. The zero-order valence-corrected chi connectivity index (χ0v) is 11.7. The lowest BCUT2D eigenvalue weighted by molar-refractivity contribution is -0.385. The predicted octanol–water partition coefficient (Wildman–Crippen LogP) is 2.18. The molecule has 0 spiro atoms. The van der Waals surface area contributed by atoms with E-state index in [9.17, 15) is 20.0 Å². The van der Waals surface area contributed by atoms with E-state index in [1.807, 2.05) is 0 Å². The molecule has 0 bridgehead atoms. The number of carbonyl (C=O) groups excluding carboxylic acids is 1. The molecule has 0 radical (unpaired) electrons. The number of esters is 1. The van der Waals surface area contributed by atoms with Gasteiger partial charge < -0.3 is 15.6 Å². The second-order valence-corrected chi connectivity index (χ2v) is 4.91. The number of rotatable bonds is 4. The van der Waals surface area contributed by atoms with Crippen LogP contribution in [0, 0.1) is 10.1 Å². The number of phenols is 1. The molecule has 9 heteroatoms. The number of nitrogen functional groups attached to an aromatic ring is 1. The SMILES string of the molecule is CCOC(=O)c1sc(-c2ccc(O)c([N+](=O)[O-])c2)nc1N. The van der Waals surface area contributed by atoms with Gasteiger partial charge in [-0.15, -0.1) is 11.3 Å². The first-order valence-electron chi connectivity index (χ1n) is 5.85. The number of nitro benzene ring substituents is 1. The summed E-state index contributed by atoms with van der Waals surface area (Å²) in [5.74, 6) is -1.03. The van der Waals surface area contributed by atoms with Crippen LogP contribution < -0.4 is 5.73 Å². The number of phenolic OH excluding ortho intramolecular Hbond substituents is 1. The lowest BCUT2D eigenvalue weighted by atomic mass is 10.2. The highest BCUT2D eigenvalue weighted by Gasteiger charge is 2.20. The van der Waals surface area contributed by atoms with E-state index in [2.05, 4.69) is 4.98 Å². The third-order valence-corrected chi connectivity index (χ3v) is 3.63. The monoisotopic (exact) mass is 309 g/mol. The van der Waals surface area contributed by atoms with Crippen LogP contribution in [0.5, 0.6) is 5.75 Å². The number of nitrogens with two attached hydrogens (primary N) is 1. The van der Waals surface area contributed by atoms with Crippen LogP contribution in [-0.2, 0) is 4.74 Å². The Morgan fingerprint density at radius 2 is 2.29 bits per heavy atom. The number of ether oxygens (including phenoxy) is 1. The number of aromatic nitrogens is 1. The third kappa shape index (κ3) is 2.92. The maximum Gasteiger partial charge on any atom is 0.352 e. The molecule has 2 aromatic rings. The molecule has 1 aromatic carbocycles. The van der Waals surface area contributed by atoms with Gasteiger partial charge in [-0.3, -0.25) is 10.1 Å². The van der Waals surface area contributed by atoms with E-state index in [1.54, 1.807) is 6.92 Å². The topological polar surface area (TPSA) is 129 Å². The van der Waals surface area contributed by atoms with Crippen molar-refractivity contribution in [2.24, 2.45) is 0 Å². The normalized spacial score (nSPS) is 10.3. The average Bonchev–Trinajstić information content (AvgIpc) is 2.81. The second-order valence-electron chi connectivity index (χ2n) is 3.91. The molecule has 0 saturated heterocycles. The first-order chi connectivity index (χ1) is 9.93. The molecule has 0 aliphatic rings. The van der Waals surface area contributed by atoms with Crippen molar-refractivity contribution in [2.45, 2.75) is 6.92 Å². The summed E-state index contributed by atoms with van der Waals surface area (Å²) in [4.78, 5) is 25.9. The lowest BCUT2D eigenvalue weighted by Gasteiger charge is -1.99. The first kappa shape index (κ1) is 14.7. The van der Waals surface area contributed by atoms with Crippen molar-refractivity contribution in [1.82, 2.24) is 4.98 Å². The van der Waals surface area contributed by atoms with Gasteiger partial charge in [-0.1, -0.05) is 0 Å². The van der Waals surface area contributed by atoms with Gasteiger partial charge in [0, 0.05) is 11.6 Å². The summed E-state index contributed by atoms with van der Waals surface area (Å²) >= 11 is 0.972. The van der Waals surface area contributed by atoms with Crippen molar-refractivity contribution in [1.29, 1.82) is 0 Å². The Balaban J connectivity index is 2.44. The zero-order chi connectivity index (χ0) is 15.6. The summed E-state index contributed by atoms with van der Waals surface area (Å²) in [5, 5.41) is 20.5. The maximum atomic E-state index is 11.7. The summed E-state index contributed by atoms with van der Waals surface area (Å²) in [5.41, 5.74) is 5.59. The van der Waals surface area contributed by atoms with E-state index < -0.39 is 22.3 Å². The van der Waals surface area contributed by atoms with Crippen molar-refractivity contribution >= 4 is 28.8 Å². The van der Waals surface area contributed by atoms with Gasteiger partial charge in [0.2, 0.25) is 0 Å². The van der Waals surface area contributed by atoms with Crippen LogP contribution >= 0.6 is 11.3 Å². The standard InChI is InChI=1S/C12H11N3O5S/c1-2-20-12(17)9-10(13)14-11(21-9)6-3-4-8(16)7(5-6)15(18)19/h3-5,16H,2,13H2,1H3. The Hall–Kier alpha value is -2.68. The van der Waals surface area contributed by atoms with E-state index in [0.717, 1.165) is 11.3 Å². The highest BCUT2D eigenvalue weighted by Crippen LogP contribution is 2.35. The van der Waals surface area contributed by atoms with Gasteiger partial charge in [-0.2, -0.15) is 0 Å². The number of nitrogens with zero attached hydrogens (tertiary/aromatic N) is 2. The Labute approximate surface area is 123 Å². The van der Waals surface area contributed by atoms with E-state index in [4.69, 9.17) is 10.5 Å². The molecule has 0 unspecified atom stereocenters. The summed E-state index contributed by atoms with van der Waals surface area (Å²) < 4.78 is 4.84. The van der Waals surface area contributed by atoms with Gasteiger partial charge in [0.1, 0.15) is 10.8 Å². The fourth-order valence-electron chi connectivity index (χ4n) is 1.60. The first-order valence-corrected chi connectivity index (χ1v) is 6.67. The Kier molecular flexibility index (Phi) is 4.03. The molecule has 0 aliphatic carbocycles. The number of carbonyl (C=O) groups is 1. The van der Waals surface area contributed by atoms with Crippen LogP contribution in [0.2, 0.25) is 0 Å². The molecule has 1 heterocycles. The van der Waals surface area contributed by atoms with Gasteiger partial charge in [0.15, 0.2) is 10.6 Å². The van der Waals surface area contributed by atoms with Crippen molar-refractivity contribution in [3.63, 3.8) is 0 Å². The van der Waals surface area contributed by atoms with Crippen molar-refractivity contribution in [3.05, 3.63) is 33.2 Å². The van der Waals surface area contributed by atoms with E-state index in [1.165, 1.54) is 18.2 Å². The highest BCUT2D eigenvalue weighted by molar-refractivity contribution is 7.17. The molecule has 8 nitrogen and oxygen atoms in total. The molecule has 0 saturated carbocycles. The quantitative estimate of drug-likeness (QED) is 0.503. The Bertz CT molecular complexity index is 713. The van der Waals surface area contributed by atoms with Crippen LogP contribution in [0.25, 0.3) is 10.6 Å². The number of benzene rings is 1. The van der Waals surface area contributed by atoms with E-state index >= 15 is 0 Å². The molecule has 2 rings (SSSR count). The van der Waals surface area contributed by atoms with Gasteiger partial charge in [0.25, 0.3) is 0 Å². The van der Waals surface area contributed by atoms with Gasteiger partial charge in [-0.25, -0.2) is 9.78 Å². The Morgan fingerprint density at radius 1 is 1.57 bits per heavy atom. The molecule has 0 atom stereocenters. The van der Waals surface area contributed by atoms with Crippen LogP contribution in [0.15, 0.2) is 18.2 Å². The summed E-state index contributed by atoms with van der Waals surface area (Å²) in [6.45, 7) is 1.87. The van der Waals surface area contributed by atoms with Gasteiger partial charge in [-0.05, 0) is 19.1 Å². The molecular weight excluding hydrogens is 298 g/mol. The van der Waals surface area contributed by atoms with Gasteiger partial charge in [0.05, 0.1) is 11.5 Å². The van der Waals surface area contributed by atoms with Crippen molar-refractivity contribution in [2.75, 3.05) is 12.3 Å². The van der Waals surface area contributed by atoms with E-state index in [-0.39, 0.29) is 17.3 Å². The third-order valence-electron chi connectivity index (χ3n) is 2.53. The Morgan fingerprint density at radius 3 is 2.90 bits per heavy atom. The minimum Gasteiger partial charge on any atom is -0.502 e. The van der Waals surface area contributed by atoms with E-state index in [0.29, 0.717) is 10.6 Å². The van der Waals surface area contributed by atoms with Gasteiger partial charge >= 0.3 is 11.7 Å². The van der Waals surface area contributed by atoms with Crippen molar-refractivity contribution < 1.29 is 19.6 Å². The number of thiazole rings is 1. The maximum absolute atomic E-state index is 11.7. The molecular formula is C12H11N3O5S. The molecule has 0 aliphatic heterocycles.